The van der Waals surface area contributed by atoms with E-state index in [-0.39, 0.29) is 17.9 Å². The molecule has 146 valence electrons. The third kappa shape index (κ3) is 3.96. The van der Waals surface area contributed by atoms with Gasteiger partial charge in [0.15, 0.2) is 0 Å². The molecule has 1 aliphatic rings. The van der Waals surface area contributed by atoms with Gasteiger partial charge in [-0.2, -0.15) is 0 Å². The molecule has 1 saturated carbocycles. The van der Waals surface area contributed by atoms with Gasteiger partial charge < -0.3 is 19.4 Å². The molecule has 2 aromatic carbocycles. The van der Waals surface area contributed by atoms with E-state index in [9.17, 15) is 4.79 Å². The third-order valence-electron chi connectivity index (χ3n) is 5.00. The molecule has 0 aliphatic heterocycles. The maximum absolute atomic E-state index is 12.2. The minimum absolute atomic E-state index is 0.124. The Hall–Kier alpha value is -3.02. The number of nitrogens with zero attached hydrogens (tertiary/aromatic N) is 2. The number of hydrogen-bond donors (Lipinski definition) is 1. The summed E-state index contributed by atoms with van der Waals surface area (Å²) in [6.07, 6.45) is 1.98. The van der Waals surface area contributed by atoms with E-state index in [1.165, 1.54) is 0 Å². The van der Waals surface area contributed by atoms with Crippen molar-refractivity contribution in [3.8, 4) is 11.5 Å². The van der Waals surface area contributed by atoms with Gasteiger partial charge in [0.2, 0.25) is 5.91 Å². The predicted molar refractivity (Wildman–Crippen MR) is 108 cm³/mol. The van der Waals surface area contributed by atoms with Crippen molar-refractivity contribution in [2.75, 3.05) is 13.7 Å². The normalized spacial score (nSPS) is 14.6. The van der Waals surface area contributed by atoms with Gasteiger partial charge in [0.05, 0.1) is 30.7 Å². The number of para-hydroxylation sites is 2. The standard InChI is InChI=1S/C22H25N3O3/c1-15(23-22(26)16-10-11-16)21-24-19-8-3-4-9-20(19)25(21)12-13-28-18-7-5-6-17(14-18)27-2/h3-9,14-16H,10-13H2,1-2H3,(H,23,26). The number of carbonyl (C=O) groups is 1. The quantitative estimate of drug-likeness (QED) is 0.648. The van der Waals surface area contributed by atoms with Crippen LogP contribution in [0.4, 0.5) is 0 Å². The Balaban J connectivity index is 1.51. The lowest BCUT2D eigenvalue weighted by Crippen LogP contribution is -2.30. The Kier molecular flexibility index (Phi) is 5.19. The minimum Gasteiger partial charge on any atom is -0.497 e. The van der Waals surface area contributed by atoms with Gasteiger partial charge >= 0.3 is 0 Å². The Bertz CT molecular complexity index is 978. The molecule has 4 rings (SSSR count). The molecule has 0 saturated heterocycles. The van der Waals surface area contributed by atoms with Crippen LogP contribution in [0.2, 0.25) is 0 Å². The maximum atomic E-state index is 12.2. The van der Waals surface area contributed by atoms with Gasteiger partial charge in [-0.1, -0.05) is 18.2 Å². The van der Waals surface area contributed by atoms with Crippen LogP contribution in [0.15, 0.2) is 48.5 Å². The fourth-order valence-corrected chi connectivity index (χ4v) is 3.35. The Morgan fingerprint density at radius 1 is 1.21 bits per heavy atom. The molecule has 6 heteroatoms. The van der Waals surface area contributed by atoms with Gasteiger partial charge in [-0.15, -0.1) is 0 Å². The Morgan fingerprint density at radius 3 is 2.79 bits per heavy atom. The SMILES string of the molecule is COc1cccc(OCCn2c(C(C)NC(=O)C3CC3)nc3ccccc32)c1. The van der Waals surface area contributed by atoms with Gasteiger partial charge in [0.25, 0.3) is 0 Å². The van der Waals surface area contributed by atoms with Gasteiger partial charge in [0, 0.05) is 12.0 Å². The molecule has 0 radical (unpaired) electrons. The van der Waals surface area contributed by atoms with Crippen LogP contribution < -0.4 is 14.8 Å². The third-order valence-corrected chi connectivity index (χ3v) is 5.00. The van der Waals surface area contributed by atoms with Crippen molar-refractivity contribution in [1.29, 1.82) is 0 Å². The van der Waals surface area contributed by atoms with Crippen LogP contribution in [0.1, 0.15) is 31.6 Å². The molecule has 1 fully saturated rings. The van der Waals surface area contributed by atoms with Gasteiger partial charge in [0.1, 0.15) is 23.9 Å². The van der Waals surface area contributed by atoms with E-state index >= 15 is 0 Å². The molecule has 1 aliphatic carbocycles. The molecular formula is C22H25N3O3. The van der Waals surface area contributed by atoms with Crippen LogP contribution in [-0.2, 0) is 11.3 Å². The smallest absolute Gasteiger partial charge is 0.223 e. The predicted octanol–water partition coefficient (Wildman–Crippen LogP) is 3.71. The molecule has 6 nitrogen and oxygen atoms in total. The highest BCUT2D eigenvalue weighted by molar-refractivity contribution is 5.81. The maximum Gasteiger partial charge on any atom is 0.223 e. The van der Waals surface area contributed by atoms with E-state index in [1.807, 2.05) is 55.5 Å². The van der Waals surface area contributed by atoms with E-state index in [0.717, 1.165) is 41.2 Å². The molecule has 1 aromatic heterocycles. The highest BCUT2D eigenvalue weighted by Crippen LogP contribution is 2.30. The number of aromatic nitrogens is 2. The summed E-state index contributed by atoms with van der Waals surface area (Å²) in [6, 6.07) is 15.4. The second kappa shape index (κ2) is 7.92. The molecule has 1 heterocycles. The zero-order chi connectivity index (χ0) is 19.5. The summed E-state index contributed by atoms with van der Waals surface area (Å²) in [7, 11) is 1.64. The molecule has 0 bridgehead atoms. The Morgan fingerprint density at radius 2 is 2.00 bits per heavy atom. The van der Waals surface area contributed by atoms with Crippen molar-refractivity contribution in [3.63, 3.8) is 0 Å². The fraction of sp³-hybridized carbons (Fsp3) is 0.364. The van der Waals surface area contributed by atoms with Crippen molar-refractivity contribution >= 4 is 16.9 Å². The lowest BCUT2D eigenvalue weighted by atomic mass is 10.2. The number of imidazole rings is 1. The second-order valence-corrected chi connectivity index (χ2v) is 7.14. The van der Waals surface area contributed by atoms with Crippen LogP contribution in [0.5, 0.6) is 11.5 Å². The topological polar surface area (TPSA) is 65.4 Å². The summed E-state index contributed by atoms with van der Waals surface area (Å²) in [5.41, 5.74) is 1.96. The molecule has 0 spiro atoms. The largest absolute Gasteiger partial charge is 0.497 e. The number of methoxy groups -OCH3 is 1. The minimum atomic E-state index is -0.155. The van der Waals surface area contributed by atoms with Gasteiger partial charge in [-0.3, -0.25) is 4.79 Å². The summed E-state index contributed by atoms with van der Waals surface area (Å²) in [5.74, 6) is 2.68. The van der Waals surface area contributed by atoms with Crippen molar-refractivity contribution in [3.05, 3.63) is 54.4 Å². The number of nitrogens with one attached hydrogen (secondary N) is 1. The number of fused-ring (bicyclic) bond motifs is 1. The van der Waals surface area contributed by atoms with E-state index in [4.69, 9.17) is 14.5 Å². The van der Waals surface area contributed by atoms with Crippen LogP contribution in [0, 0.1) is 5.92 Å². The van der Waals surface area contributed by atoms with E-state index in [1.54, 1.807) is 7.11 Å². The lowest BCUT2D eigenvalue weighted by molar-refractivity contribution is -0.123. The number of ether oxygens (including phenoxy) is 2. The first-order chi connectivity index (χ1) is 13.7. The summed E-state index contributed by atoms with van der Waals surface area (Å²) < 4.78 is 13.3. The van der Waals surface area contributed by atoms with Crippen LogP contribution in [-0.4, -0.2) is 29.2 Å². The van der Waals surface area contributed by atoms with Gasteiger partial charge in [-0.05, 0) is 44.0 Å². The first kappa shape index (κ1) is 18.3. The number of benzene rings is 2. The monoisotopic (exact) mass is 379 g/mol. The zero-order valence-electron chi connectivity index (χ0n) is 16.2. The fourth-order valence-electron chi connectivity index (χ4n) is 3.35. The van der Waals surface area contributed by atoms with E-state index < -0.39 is 0 Å². The average molecular weight is 379 g/mol. The van der Waals surface area contributed by atoms with Crippen LogP contribution >= 0.6 is 0 Å². The van der Waals surface area contributed by atoms with Crippen molar-refractivity contribution in [1.82, 2.24) is 14.9 Å². The Labute approximate surface area is 164 Å². The van der Waals surface area contributed by atoms with Crippen LogP contribution in [0.25, 0.3) is 11.0 Å². The number of carbonyl (C=O) groups excluding carboxylic acids is 1. The number of rotatable bonds is 8. The van der Waals surface area contributed by atoms with Gasteiger partial charge in [-0.25, -0.2) is 4.98 Å². The summed E-state index contributed by atoms with van der Waals surface area (Å²) in [6.45, 7) is 3.11. The molecule has 1 N–H and O–H groups in total. The molecular weight excluding hydrogens is 354 g/mol. The van der Waals surface area contributed by atoms with E-state index in [0.29, 0.717) is 13.2 Å². The first-order valence-electron chi connectivity index (χ1n) is 9.68. The zero-order valence-corrected chi connectivity index (χ0v) is 16.2. The average Bonchev–Trinajstić information content (AvgIpc) is 3.50. The number of amides is 1. The molecule has 3 aromatic rings. The second-order valence-electron chi connectivity index (χ2n) is 7.14. The van der Waals surface area contributed by atoms with E-state index in [2.05, 4.69) is 9.88 Å². The summed E-state index contributed by atoms with van der Waals surface area (Å²) in [5, 5.41) is 3.10. The number of hydrogen-bond acceptors (Lipinski definition) is 4. The van der Waals surface area contributed by atoms with Crippen LogP contribution in [0.3, 0.4) is 0 Å². The van der Waals surface area contributed by atoms with Crippen molar-refractivity contribution in [2.45, 2.75) is 32.4 Å². The summed E-state index contributed by atoms with van der Waals surface area (Å²) in [4.78, 5) is 17.0. The lowest BCUT2D eigenvalue weighted by Gasteiger charge is -2.17. The molecule has 1 amide bonds. The molecule has 1 atom stereocenters. The highest BCUT2D eigenvalue weighted by atomic mass is 16.5. The molecule has 28 heavy (non-hydrogen) atoms. The first-order valence-corrected chi connectivity index (χ1v) is 9.68. The van der Waals surface area contributed by atoms with Crippen molar-refractivity contribution in [2.24, 2.45) is 5.92 Å². The summed E-state index contributed by atoms with van der Waals surface area (Å²) >= 11 is 0. The van der Waals surface area contributed by atoms with Crippen molar-refractivity contribution < 1.29 is 14.3 Å². The molecule has 1 unspecified atom stereocenters. The highest BCUT2D eigenvalue weighted by Gasteiger charge is 2.31.